The van der Waals surface area contributed by atoms with E-state index in [2.05, 4.69) is 115 Å². The van der Waals surface area contributed by atoms with Gasteiger partial charge in [0.1, 0.15) is 0 Å². The van der Waals surface area contributed by atoms with Crippen molar-refractivity contribution in [2.24, 2.45) is 0 Å². The van der Waals surface area contributed by atoms with Gasteiger partial charge in [0.25, 0.3) is 0 Å². The Morgan fingerprint density at radius 1 is 1.00 bits per heavy atom. The van der Waals surface area contributed by atoms with Crippen molar-refractivity contribution in [3.63, 3.8) is 0 Å². The molecule has 0 nitrogen and oxygen atoms in total. The van der Waals surface area contributed by atoms with Gasteiger partial charge in [-0.05, 0) is 71.4 Å². The van der Waals surface area contributed by atoms with Gasteiger partial charge in [0, 0.05) is 5.41 Å². The predicted molar refractivity (Wildman–Crippen MR) is 155 cm³/mol. The van der Waals surface area contributed by atoms with Crippen LogP contribution in [0.5, 0.6) is 0 Å². The van der Waals surface area contributed by atoms with Gasteiger partial charge in [0.15, 0.2) is 0 Å². The second-order valence-electron chi connectivity index (χ2n) is 8.72. The van der Waals surface area contributed by atoms with Crippen molar-refractivity contribution >= 4 is 28.5 Å². The maximum absolute atomic E-state index is 4.11. The number of allylic oxidation sites excluding steroid dienone is 9. The van der Waals surface area contributed by atoms with E-state index in [4.69, 9.17) is 0 Å². The molecular formula is C33H44. The Kier molecular flexibility index (Phi) is 10.6. The molecule has 1 aliphatic rings. The summed E-state index contributed by atoms with van der Waals surface area (Å²) in [5, 5.41) is 2.57. The van der Waals surface area contributed by atoms with Gasteiger partial charge >= 0.3 is 0 Å². The summed E-state index contributed by atoms with van der Waals surface area (Å²) in [6.45, 7) is 21.3. The fourth-order valence-electron chi connectivity index (χ4n) is 4.45. The largest absolute Gasteiger partial charge is 0.0984 e. The van der Waals surface area contributed by atoms with Crippen molar-refractivity contribution in [3.05, 3.63) is 101 Å². The summed E-state index contributed by atoms with van der Waals surface area (Å²) in [6.07, 6.45) is 18.6. The SMILES string of the molecule is C.C=Cc1c(/C=C\C)ccc2c3c(ccc12)C(C)(C)C(=C/C=C/CC)/C3=C/C=C(C)C.CC. The lowest BCUT2D eigenvalue weighted by molar-refractivity contribution is 0.661. The van der Waals surface area contributed by atoms with Crippen LogP contribution >= 0.6 is 0 Å². The highest BCUT2D eigenvalue weighted by Crippen LogP contribution is 2.52. The topological polar surface area (TPSA) is 0 Å². The second kappa shape index (κ2) is 12.4. The smallest absolute Gasteiger partial charge is 0.0159 e. The standard InChI is InChI=1S/C30H34.C2H6.CH4/c1-8-11-12-14-27-26(17-15-21(4)5)29-25-18-16-22(13-9-2)23(10-3)24(25)19-20-28(29)30(27,6)7;1-2;/h9-20H,3,8H2,1-2,4-7H3;1-2H3;1H4/b12-11+,13-9-,26-17-,27-14+;;. The quantitative estimate of drug-likeness (QED) is 0.433. The molecule has 1 aliphatic carbocycles. The first kappa shape index (κ1) is 28.2. The van der Waals surface area contributed by atoms with Gasteiger partial charge in [-0.1, -0.05) is 127 Å². The Balaban J connectivity index is 0.00000177. The van der Waals surface area contributed by atoms with Crippen LogP contribution in [0.4, 0.5) is 0 Å². The zero-order valence-corrected chi connectivity index (χ0v) is 21.3. The van der Waals surface area contributed by atoms with E-state index in [1.54, 1.807) is 0 Å². The zero-order valence-electron chi connectivity index (χ0n) is 21.3. The first-order valence-corrected chi connectivity index (χ1v) is 11.9. The van der Waals surface area contributed by atoms with Crippen molar-refractivity contribution in [3.8, 4) is 0 Å². The first-order chi connectivity index (χ1) is 15.4. The lowest BCUT2D eigenvalue weighted by Crippen LogP contribution is -2.15. The summed E-state index contributed by atoms with van der Waals surface area (Å²) in [4.78, 5) is 0. The van der Waals surface area contributed by atoms with E-state index in [0.29, 0.717) is 0 Å². The number of benzene rings is 2. The fourth-order valence-corrected chi connectivity index (χ4v) is 4.45. The molecule has 0 atom stereocenters. The Morgan fingerprint density at radius 3 is 2.24 bits per heavy atom. The Bertz CT molecular complexity index is 1120. The van der Waals surface area contributed by atoms with Gasteiger partial charge in [-0.15, -0.1) is 0 Å². The van der Waals surface area contributed by atoms with Crippen molar-refractivity contribution in [2.75, 3.05) is 0 Å². The minimum Gasteiger partial charge on any atom is -0.0984 e. The highest BCUT2D eigenvalue weighted by Gasteiger charge is 2.38. The first-order valence-electron chi connectivity index (χ1n) is 11.9. The molecule has 0 spiro atoms. The van der Waals surface area contributed by atoms with Gasteiger partial charge in [-0.3, -0.25) is 0 Å². The van der Waals surface area contributed by atoms with Crippen LogP contribution in [-0.4, -0.2) is 0 Å². The van der Waals surface area contributed by atoms with E-state index in [9.17, 15) is 0 Å². The molecule has 0 heterocycles. The molecule has 0 aliphatic heterocycles. The minimum absolute atomic E-state index is 0. The molecule has 2 aromatic carbocycles. The van der Waals surface area contributed by atoms with Crippen LogP contribution in [0.25, 0.3) is 28.5 Å². The second-order valence-corrected chi connectivity index (χ2v) is 8.72. The molecule has 0 saturated heterocycles. The molecule has 0 unspecified atom stereocenters. The summed E-state index contributed by atoms with van der Waals surface area (Å²) in [5.74, 6) is 0. The molecule has 0 amide bonds. The third-order valence-electron chi connectivity index (χ3n) is 5.95. The Hall–Kier alpha value is -2.86. The average molecular weight is 441 g/mol. The third kappa shape index (κ3) is 5.56. The highest BCUT2D eigenvalue weighted by molar-refractivity contribution is 6.07. The number of hydrogen-bond donors (Lipinski definition) is 0. The summed E-state index contributed by atoms with van der Waals surface area (Å²) in [7, 11) is 0. The van der Waals surface area contributed by atoms with Gasteiger partial charge in [-0.2, -0.15) is 0 Å². The molecule has 33 heavy (non-hydrogen) atoms. The van der Waals surface area contributed by atoms with Crippen LogP contribution in [0, 0.1) is 0 Å². The molecule has 0 radical (unpaired) electrons. The van der Waals surface area contributed by atoms with E-state index in [-0.39, 0.29) is 12.8 Å². The lowest BCUT2D eigenvalue weighted by atomic mass is 9.81. The maximum Gasteiger partial charge on any atom is 0.0159 e. The molecule has 0 N–H and O–H groups in total. The van der Waals surface area contributed by atoms with Crippen LogP contribution in [0.3, 0.4) is 0 Å². The fraction of sp³-hybridized carbons (Fsp3) is 0.333. The molecule has 0 aromatic heterocycles. The van der Waals surface area contributed by atoms with Crippen molar-refractivity contribution in [1.82, 2.24) is 0 Å². The third-order valence-corrected chi connectivity index (χ3v) is 5.95. The molecule has 0 fully saturated rings. The number of rotatable bonds is 5. The zero-order chi connectivity index (χ0) is 23.9. The molecule has 176 valence electrons. The molecule has 0 saturated carbocycles. The maximum atomic E-state index is 4.11. The summed E-state index contributed by atoms with van der Waals surface area (Å²) >= 11 is 0. The van der Waals surface area contributed by atoms with Crippen LogP contribution in [0.2, 0.25) is 0 Å². The van der Waals surface area contributed by atoms with Gasteiger partial charge < -0.3 is 0 Å². The van der Waals surface area contributed by atoms with E-state index >= 15 is 0 Å². The molecule has 0 bridgehead atoms. The number of fused-ring (bicyclic) bond motifs is 3. The summed E-state index contributed by atoms with van der Waals surface area (Å²) < 4.78 is 0. The van der Waals surface area contributed by atoms with Crippen LogP contribution in [0.15, 0.2) is 78.4 Å². The van der Waals surface area contributed by atoms with E-state index < -0.39 is 0 Å². The summed E-state index contributed by atoms with van der Waals surface area (Å²) in [6, 6.07) is 9.12. The highest BCUT2D eigenvalue weighted by atomic mass is 14.4. The molecular weight excluding hydrogens is 396 g/mol. The molecule has 3 rings (SSSR count). The van der Waals surface area contributed by atoms with E-state index in [0.717, 1.165) is 6.42 Å². The van der Waals surface area contributed by atoms with Gasteiger partial charge in [-0.25, -0.2) is 0 Å². The van der Waals surface area contributed by atoms with E-state index in [1.165, 1.54) is 49.7 Å². The minimum atomic E-state index is -0.0424. The van der Waals surface area contributed by atoms with Crippen molar-refractivity contribution < 1.29 is 0 Å². The van der Waals surface area contributed by atoms with Crippen molar-refractivity contribution in [2.45, 2.75) is 74.7 Å². The predicted octanol–water partition coefficient (Wildman–Crippen LogP) is 10.7. The normalized spacial score (nSPS) is 16.6. The van der Waals surface area contributed by atoms with Crippen LogP contribution in [-0.2, 0) is 5.41 Å². The van der Waals surface area contributed by atoms with Crippen LogP contribution < -0.4 is 0 Å². The number of hydrogen-bond acceptors (Lipinski definition) is 0. The monoisotopic (exact) mass is 440 g/mol. The lowest BCUT2D eigenvalue weighted by Gasteiger charge is -2.22. The average Bonchev–Trinajstić information content (AvgIpc) is 3.00. The molecule has 2 aromatic rings. The Morgan fingerprint density at radius 2 is 1.67 bits per heavy atom. The van der Waals surface area contributed by atoms with E-state index in [1.807, 2.05) is 19.9 Å². The Labute approximate surface area is 203 Å². The van der Waals surface area contributed by atoms with Gasteiger partial charge in [0.05, 0.1) is 0 Å². The van der Waals surface area contributed by atoms with Crippen molar-refractivity contribution in [1.29, 1.82) is 0 Å². The van der Waals surface area contributed by atoms with Crippen LogP contribution in [0.1, 0.15) is 91.5 Å². The summed E-state index contributed by atoms with van der Waals surface area (Å²) in [5.41, 5.74) is 9.15. The molecule has 0 heteroatoms. The van der Waals surface area contributed by atoms with Gasteiger partial charge in [0.2, 0.25) is 0 Å².